The lowest BCUT2D eigenvalue weighted by Gasteiger charge is -2.11. The van der Waals surface area contributed by atoms with Crippen molar-refractivity contribution in [1.82, 2.24) is 0 Å². The van der Waals surface area contributed by atoms with E-state index in [9.17, 15) is 14.4 Å². The third kappa shape index (κ3) is 4.12. The van der Waals surface area contributed by atoms with Gasteiger partial charge in [-0.2, -0.15) is 0 Å². The number of carbonyl (C=O) groups excluding carboxylic acids is 2. The van der Waals surface area contributed by atoms with Crippen LogP contribution in [0, 0.1) is 0 Å². The molecule has 0 bridgehead atoms. The predicted octanol–water partition coefficient (Wildman–Crippen LogP) is 4.26. The first kappa shape index (κ1) is 19.1. The summed E-state index contributed by atoms with van der Waals surface area (Å²) in [7, 11) is 0. The highest BCUT2D eigenvalue weighted by atomic mass is 16.5. The molecule has 6 heteroatoms. The molecule has 0 aliphatic heterocycles. The van der Waals surface area contributed by atoms with E-state index in [1.54, 1.807) is 36.4 Å². The first-order valence-electron chi connectivity index (χ1n) is 9.26. The average Bonchev–Trinajstić information content (AvgIpc) is 2.78. The Kier molecular flexibility index (Phi) is 5.39. The number of ether oxygens (including phenoxy) is 1. The molecule has 0 saturated heterocycles. The molecule has 0 saturated carbocycles. The first-order chi connectivity index (χ1) is 14.6. The van der Waals surface area contributed by atoms with Crippen LogP contribution in [0.2, 0.25) is 0 Å². The van der Waals surface area contributed by atoms with Gasteiger partial charge in [0.1, 0.15) is 5.58 Å². The second kappa shape index (κ2) is 8.45. The fraction of sp³-hybridized carbons (Fsp3) is 0.0417. The van der Waals surface area contributed by atoms with Crippen LogP contribution in [0.1, 0.15) is 10.6 Å². The van der Waals surface area contributed by atoms with Gasteiger partial charge in [-0.15, -0.1) is 0 Å². The lowest BCUT2D eigenvalue weighted by atomic mass is 10.0. The minimum Gasteiger partial charge on any atom is -0.450 e. The molecule has 1 N–H and O–H groups in total. The molecule has 4 rings (SSSR count). The molecule has 3 aromatic carbocycles. The van der Waals surface area contributed by atoms with E-state index >= 15 is 0 Å². The molecule has 148 valence electrons. The SMILES string of the molecule is O=C(COC(=O)c1cc(=O)c2ccccc2o1)Nc1ccccc1-c1ccccc1. The Morgan fingerprint density at radius 2 is 1.57 bits per heavy atom. The predicted molar refractivity (Wildman–Crippen MR) is 113 cm³/mol. The number of esters is 1. The maximum absolute atomic E-state index is 12.3. The molecular formula is C24H17NO5. The van der Waals surface area contributed by atoms with E-state index in [0.717, 1.165) is 17.2 Å². The van der Waals surface area contributed by atoms with Gasteiger partial charge >= 0.3 is 5.97 Å². The van der Waals surface area contributed by atoms with Crippen LogP contribution in [-0.4, -0.2) is 18.5 Å². The Morgan fingerprint density at radius 3 is 2.40 bits per heavy atom. The lowest BCUT2D eigenvalue weighted by Crippen LogP contribution is -2.21. The van der Waals surface area contributed by atoms with Crippen molar-refractivity contribution in [2.75, 3.05) is 11.9 Å². The summed E-state index contributed by atoms with van der Waals surface area (Å²) in [5.41, 5.74) is 2.31. The normalized spacial score (nSPS) is 10.5. The fourth-order valence-corrected chi connectivity index (χ4v) is 3.05. The molecule has 4 aromatic rings. The zero-order valence-corrected chi connectivity index (χ0v) is 15.8. The van der Waals surface area contributed by atoms with Crippen LogP contribution < -0.4 is 10.7 Å². The van der Waals surface area contributed by atoms with Gasteiger partial charge in [0.05, 0.1) is 5.39 Å². The molecule has 1 aromatic heterocycles. The highest BCUT2D eigenvalue weighted by Crippen LogP contribution is 2.27. The molecule has 1 heterocycles. The molecule has 0 atom stereocenters. The van der Waals surface area contributed by atoms with Crippen molar-refractivity contribution in [1.29, 1.82) is 0 Å². The maximum Gasteiger partial charge on any atom is 0.374 e. The summed E-state index contributed by atoms with van der Waals surface area (Å²) in [4.78, 5) is 36.7. The quantitative estimate of drug-likeness (QED) is 0.507. The number of hydrogen-bond acceptors (Lipinski definition) is 5. The molecule has 0 unspecified atom stereocenters. The number of carbonyl (C=O) groups is 2. The summed E-state index contributed by atoms with van der Waals surface area (Å²) in [6.45, 7) is -0.515. The summed E-state index contributed by atoms with van der Waals surface area (Å²) in [5.74, 6) is -1.64. The minimum atomic E-state index is -0.885. The van der Waals surface area contributed by atoms with Gasteiger partial charge in [0, 0.05) is 17.3 Å². The third-order valence-corrected chi connectivity index (χ3v) is 4.46. The van der Waals surface area contributed by atoms with E-state index in [2.05, 4.69) is 5.32 Å². The van der Waals surface area contributed by atoms with Crippen LogP contribution in [0.3, 0.4) is 0 Å². The Balaban J connectivity index is 1.45. The first-order valence-corrected chi connectivity index (χ1v) is 9.26. The Hall–Kier alpha value is -4.19. The van der Waals surface area contributed by atoms with E-state index in [1.165, 1.54) is 0 Å². The van der Waals surface area contributed by atoms with Crippen molar-refractivity contribution < 1.29 is 18.7 Å². The largest absolute Gasteiger partial charge is 0.450 e. The van der Waals surface area contributed by atoms with Crippen LogP contribution in [0.15, 0.2) is 94.1 Å². The number of hydrogen-bond donors (Lipinski definition) is 1. The number of para-hydroxylation sites is 2. The van der Waals surface area contributed by atoms with Crippen molar-refractivity contribution in [2.45, 2.75) is 0 Å². The summed E-state index contributed by atoms with van der Waals surface area (Å²) in [5, 5.41) is 3.11. The zero-order valence-electron chi connectivity index (χ0n) is 15.8. The van der Waals surface area contributed by atoms with Gasteiger partial charge in [0.25, 0.3) is 5.91 Å². The van der Waals surface area contributed by atoms with Crippen molar-refractivity contribution in [3.05, 3.63) is 101 Å². The van der Waals surface area contributed by atoms with Gasteiger partial charge in [0.2, 0.25) is 5.76 Å². The van der Waals surface area contributed by atoms with E-state index in [0.29, 0.717) is 11.1 Å². The Bertz CT molecular complexity index is 1280. The monoisotopic (exact) mass is 399 g/mol. The van der Waals surface area contributed by atoms with Gasteiger partial charge in [-0.25, -0.2) is 4.79 Å². The van der Waals surface area contributed by atoms with Crippen LogP contribution in [0.25, 0.3) is 22.1 Å². The van der Waals surface area contributed by atoms with Crippen molar-refractivity contribution in [3.63, 3.8) is 0 Å². The van der Waals surface area contributed by atoms with Gasteiger partial charge in [-0.3, -0.25) is 9.59 Å². The van der Waals surface area contributed by atoms with Gasteiger partial charge < -0.3 is 14.5 Å². The Morgan fingerprint density at radius 1 is 0.867 bits per heavy atom. The molecular weight excluding hydrogens is 382 g/mol. The van der Waals surface area contributed by atoms with Gasteiger partial charge in [0.15, 0.2) is 12.0 Å². The number of nitrogens with one attached hydrogen (secondary N) is 1. The second-order valence-corrected chi connectivity index (χ2v) is 6.51. The molecule has 1 amide bonds. The highest BCUT2D eigenvalue weighted by molar-refractivity contribution is 5.98. The average molecular weight is 399 g/mol. The zero-order chi connectivity index (χ0) is 20.9. The summed E-state index contributed by atoms with van der Waals surface area (Å²) < 4.78 is 10.5. The second-order valence-electron chi connectivity index (χ2n) is 6.51. The fourth-order valence-electron chi connectivity index (χ4n) is 3.05. The van der Waals surface area contributed by atoms with E-state index in [4.69, 9.17) is 9.15 Å². The Labute approximate surface area is 171 Å². The van der Waals surface area contributed by atoms with Crippen LogP contribution >= 0.6 is 0 Å². The minimum absolute atomic E-state index is 0.254. The number of amides is 1. The van der Waals surface area contributed by atoms with Crippen molar-refractivity contribution >= 4 is 28.5 Å². The van der Waals surface area contributed by atoms with Crippen LogP contribution in [-0.2, 0) is 9.53 Å². The lowest BCUT2D eigenvalue weighted by molar-refractivity contribution is -0.119. The van der Waals surface area contributed by atoms with E-state index < -0.39 is 18.5 Å². The number of fused-ring (bicyclic) bond motifs is 1. The highest BCUT2D eigenvalue weighted by Gasteiger charge is 2.16. The van der Waals surface area contributed by atoms with E-state index in [-0.39, 0.29) is 16.8 Å². The summed E-state index contributed by atoms with van der Waals surface area (Å²) in [6.07, 6.45) is 0. The number of benzene rings is 3. The molecule has 0 spiro atoms. The molecule has 6 nitrogen and oxygen atoms in total. The molecule has 0 radical (unpaired) electrons. The number of rotatable bonds is 5. The van der Waals surface area contributed by atoms with Crippen molar-refractivity contribution in [3.8, 4) is 11.1 Å². The molecule has 0 aliphatic rings. The third-order valence-electron chi connectivity index (χ3n) is 4.46. The van der Waals surface area contributed by atoms with Gasteiger partial charge in [-0.05, 0) is 23.8 Å². The number of anilines is 1. The van der Waals surface area contributed by atoms with Crippen LogP contribution in [0.4, 0.5) is 5.69 Å². The van der Waals surface area contributed by atoms with E-state index in [1.807, 2.05) is 42.5 Å². The van der Waals surface area contributed by atoms with Crippen molar-refractivity contribution in [2.24, 2.45) is 0 Å². The summed E-state index contributed by atoms with van der Waals surface area (Å²) in [6, 6.07) is 24.6. The molecule has 0 fully saturated rings. The van der Waals surface area contributed by atoms with Gasteiger partial charge in [-0.1, -0.05) is 60.7 Å². The standard InChI is InChI=1S/C24H17NO5/c26-20-14-22(30-21-13-7-5-11-18(20)21)24(28)29-15-23(27)25-19-12-6-4-10-17(19)16-8-2-1-3-9-16/h1-14H,15H2,(H,25,27). The maximum atomic E-state index is 12.3. The molecule has 0 aliphatic carbocycles. The topological polar surface area (TPSA) is 85.6 Å². The molecule has 30 heavy (non-hydrogen) atoms. The smallest absolute Gasteiger partial charge is 0.374 e. The van der Waals surface area contributed by atoms with Crippen LogP contribution in [0.5, 0.6) is 0 Å². The summed E-state index contributed by atoms with van der Waals surface area (Å²) >= 11 is 0.